The molecule has 0 aromatic heterocycles. The number of nitrogens with one attached hydrogen (secondary N) is 1. The highest BCUT2D eigenvalue weighted by Crippen LogP contribution is 2.48. The summed E-state index contributed by atoms with van der Waals surface area (Å²) in [4.78, 5) is 45.2. The number of amides is 3. The molecule has 9 rings (SSSR count). The van der Waals surface area contributed by atoms with E-state index in [1.165, 1.54) is 24.1 Å². The van der Waals surface area contributed by atoms with Gasteiger partial charge in [0.05, 0.1) is 25.1 Å². The van der Waals surface area contributed by atoms with Crippen LogP contribution in [-0.2, 0) is 16.1 Å². The summed E-state index contributed by atoms with van der Waals surface area (Å²) in [7, 11) is 1.42. The minimum absolute atomic E-state index is 0.0735. The fraction of sp³-hybridized carbons (Fsp3) is 0.400. The summed E-state index contributed by atoms with van der Waals surface area (Å²) in [6.45, 7) is 5.56. The molecule has 0 bridgehead atoms. The summed E-state index contributed by atoms with van der Waals surface area (Å²) in [5, 5.41) is 12.5. The van der Waals surface area contributed by atoms with Gasteiger partial charge in [0.15, 0.2) is 11.6 Å². The van der Waals surface area contributed by atoms with Crippen molar-refractivity contribution < 1.29 is 42.1 Å². The Bertz CT molecular complexity index is 2310. The van der Waals surface area contributed by atoms with Crippen molar-refractivity contribution in [3.63, 3.8) is 0 Å². The number of rotatable bonds is 8. The largest absolute Gasteiger partial charge is 0.508 e. The van der Waals surface area contributed by atoms with Gasteiger partial charge in [-0.1, -0.05) is 18.2 Å². The number of imide groups is 1. The van der Waals surface area contributed by atoms with Gasteiger partial charge in [0, 0.05) is 87.8 Å². The summed E-state index contributed by atoms with van der Waals surface area (Å²) in [5.74, 6) is -1.90. The number of hydrogen-bond acceptors (Lipinski definition) is 9. The molecule has 3 amide bonds. The number of phenolic OH excluding ortho intramolecular Hbond substituents is 1. The first-order valence-electron chi connectivity index (χ1n) is 20.3. The number of halogens is 3. The van der Waals surface area contributed by atoms with Crippen molar-refractivity contribution in [1.29, 1.82) is 0 Å². The summed E-state index contributed by atoms with van der Waals surface area (Å²) < 4.78 is 57.3. The molecule has 2 N–H and O–H groups in total. The molecular formula is C45H46F3N5O6. The van der Waals surface area contributed by atoms with E-state index in [1.54, 1.807) is 42.5 Å². The number of aromatic hydroxyl groups is 1. The average Bonchev–Trinajstić information content (AvgIpc) is 3.54. The predicted octanol–water partition coefficient (Wildman–Crippen LogP) is 5.93. The molecule has 11 nitrogen and oxygen atoms in total. The summed E-state index contributed by atoms with van der Waals surface area (Å²) in [5.41, 5.74) is 4.32. The van der Waals surface area contributed by atoms with Crippen LogP contribution in [0.4, 0.5) is 24.5 Å². The second kappa shape index (κ2) is 15.8. The number of ether oxygens (including phenoxy) is 2. The van der Waals surface area contributed by atoms with Gasteiger partial charge in [0.2, 0.25) is 11.8 Å². The number of nitrogens with zero attached hydrogens (tertiary/aromatic N) is 4. The van der Waals surface area contributed by atoms with Crippen molar-refractivity contribution in [3.8, 4) is 17.2 Å². The molecule has 3 atom stereocenters. The van der Waals surface area contributed by atoms with E-state index >= 15 is 8.78 Å². The van der Waals surface area contributed by atoms with Gasteiger partial charge in [-0.2, -0.15) is 0 Å². The normalized spacial score (nSPS) is 22.5. The molecule has 5 heterocycles. The lowest BCUT2D eigenvalue weighted by molar-refractivity contribution is -0.136. The molecule has 3 saturated heterocycles. The van der Waals surface area contributed by atoms with Gasteiger partial charge in [-0.25, -0.2) is 13.2 Å². The van der Waals surface area contributed by atoms with Crippen LogP contribution in [0.25, 0.3) is 0 Å². The number of carbonyl (C=O) groups is 3. The maximum absolute atomic E-state index is 16.2. The van der Waals surface area contributed by atoms with E-state index in [0.29, 0.717) is 54.8 Å². The Morgan fingerprint density at radius 1 is 0.797 bits per heavy atom. The molecule has 0 aliphatic carbocycles. The molecule has 5 aliphatic heterocycles. The van der Waals surface area contributed by atoms with Crippen LogP contribution in [0.15, 0.2) is 66.7 Å². The molecule has 4 aromatic carbocycles. The number of fused-ring (bicyclic) bond motifs is 2. The molecular weight excluding hydrogens is 764 g/mol. The second-order valence-electron chi connectivity index (χ2n) is 16.3. The van der Waals surface area contributed by atoms with Crippen LogP contribution in [0.1, 0.15) is 70.1 Å². The Labute approximate surface area is 340 Å². The van der Waals surface area contributed by atoms with Crippen molar-refractivity contribution in [1.82, 2.24) is 15.1 Å². The third-order valence-electron chi connectivity index (χ3n) is 12.9. The summed E-state index contributed by atoms with van der Waals surface area (Å²) in [6.07, 6.45) is 2.23. The fourth-order valence-corrected chi connectivity index (χ4v) is 9.69. The minimum atomic E-state index is -0.749. The number of carbonyl (C=O) groups excluding carboxylic acids is 3. The van der Waals surface area contributed by atoms with E-state index in [0.717, 1.165) is 49.2 Å². The third kappa shape index (κ3) is 7.43. The van der Waals surface area contributed by atoms with Crippen LogP contribution in [0.3, 0.4) is 0 Å². The SMILES string of the molecule is COc1cc(C2COc3cc(O)ccc3C2c2ccc(N3CCC(CN4CCN(c5cc6c(cc5F)C(=O)N(C5CCC(=O)NC5=O)C6)CC4)CC3)c(F)c2)ccc1F. The lowest BCUT2D eigenvalue weighted by Crippen LogP contribution is -2.52. The van der Waals surface area contributed by atoms with Crippen LogP contribution in [-0.4, -0.2) is 98.2 Å². The van der Waals surface area contributed by atoms with Crippen LogP contribution < -0.4 is 24.6 Å². The van der Waals surface area contributed by atoms with Crippen molar-refractivity contribution >= 4 is 29.1 Å². The van der Waals surface area contributed by atoms with E-state index in [1.807, 2.05) is 17.0 Å². The zero-order valence-electron chi connectivity index (χ0n) is 32.8. The van der Waals surface area contributed by atoms with E-state index < -0.39 is 29.5 Å². The standard InChI is InChI=1S/C45H46F3N5O6/c1-58-41-20-27(2-6-34(41)46)33-25-59-40-21-30(54)4-5-31(40)43(33)28-3-7-37(35(47)18-28)51-12-10-26(11-13-51)23-50-14-16-52(17-15-50)39-19-29-24-53(45(57)32(29)22-36(39)48)38-8-9-42(55)49-44(38)56/h2-7,18-22,26,33,38,43,54H,8-17,23-25H2,1H3,(H,49,55,56). The minimum Gasteiger partial charge on any atom is -0.508 e. The Kier molecular flexibility index (Phi) is 10.4. The van der Waals surface area contributed by atoms with Gasteiger partial charge >= 0.3 is 0 Å². The van der Waals surface area contributed by atoms with Crippen LogP contribution in [0.5, 0.6) is 17.2 Å². The van der Waals surface area contributed by atoms with E-state index in [4.69, 9.17) is 9.47 Å². The van der Waals surface area contributed by atoms with Gasteiger partial charge in [-0.3, -0.25) is 24.6 Å². The van der Waals surface area contributed by atoms with Crippen molar-refractivity contribution in [2.24, 2.45) is 5.92 Å². The first-order valence-corrected chi connectivity index (χ1v) is 20.3. The smallest absolute Gasteiger partial charge is 0.255 e. The highest BCUT2D eigenvalue weighted by Gasteiger charge is 2.40. The molecule has 0 saturated carbocycles. The first-order chi connectivity index (χ1) is 28.5. The Balaban J connectivity index is 0.815. The average molecular weight is 810 g/mol. The maximum Gasteiger partial charge on any atom is 0.255 e. The molecule has 0 spiro atoms. The highest BCUT2D eigenvalue weighted by atomic mass is 19.1. The van der Waals surface area contributed by atoms with Gasteiger partial charge in [-0.05, 0) is 84.3 Å². The first kappa shape index (κ1) is 38.7. The van der Waals surface area contributed by atoms with Crippen LogP contribution in [0.2, 0.25) is 0 Å². The molecule has 5 aliphatic rings. The third-order valence-corrected chi connectivity index (χ3v) is 12.9. The number of piperazine rings is 1. The van der Waals surface area contributed by atoms with Crippen LogP contribution in [0, 0.1) is 23.4 Å². The van der Waals surface area contributed by atoms with Gasteiger partial charge < -0.3 is 29.3 Å². The lowest BCUT2D eigenvalue weighted by atomic mass is 9.75. The Morgan fingerprint density at radius 3 is 2.29 bits per heavy atom. The molecule has 308 valence electrons. The van der Waals surface area contributed by atoms with Crippen LogP contribution >= 0.6 is 0 Å². The molecule has 3 unspecified atom stereocenters. The molecule has 59 heavy (non-hydrogen) atoms. The summed E-state index contributed by atoms with van der Waals surface area (Å²) >= 11 is 0. The lowest BCUT2D eigenvalue weighted by Gasteiger charge is -2.40. The van der Waals surface area contributed by atoms with Gasteiger partial charge in [-0.15, -0.1) is 0 Å². The van der Waals surface area contributed by atoms with E-state index in [9.17, 15) is 23.9 Å². The quantitative estimate of drug-likeness (QED) is 0.209. The highest BCUT2D eigenvalue weighted by molar-refractivity contribution is 6.05. The van der Waals surface area contributed by atoms with E-state index in [2.05, 4.69) is 15.1 Å². The number of piperidine rings is 2. The van der Waals surface area contributed by atoms with Gasteiger partial charge in [0.25, 0.3) is 5.91 Å². The van der Waals surface area contributed by atoms with E-state index in [-0.39, 0.29) is 66.6 Å². The number of methoxy groups -OCH3 is 1. The molecule has 4 aromatic rings. The molecule has 0 radical (unpaired) electrons. The zero-order valence-corrected chi connectivity index (χ0v) is 32.8. The zero-order chi connectivity index (χ0) is 40.9. The predicted molar refractivity (Wildman–Crippen MR) is 214 cm³/mol. The maximum atomic E-state index is 16.2. The van der Waals surface area contributed by atoms with Crippen molar-refractivity contribution in [2.45, 2.75) is 50.1 Å². The topological polar surface area (TPSA) is 115 Å². The van der Waals surface area contributed by atoms with Gasteiger partial charge in [0.1, 0.15) is 29.2 Å². The second-order valence-corrected chi connectivity index (χ2v) is 16.3. The monoisotopic (exact) mass is 809 g/mol. The van der Waals surface area contributed by atoms with Crippen molar-refractivity contribution in [3.05, 3.63) is 112 Å². The number of phenols is 1. The number of benzene rings is 4. The van der Waals surface area contributed by atoms with Crippen molar-refractivity contribution in [2.75, 3.05) is 69.3 Å². The number of hydrogen-bond donors (Lipinski definition) is 2. The molecule has 14 heteroatoms. The number of anilines is 2. The fourth-order valence-electron chi connectivity index (χ4n) is 9.69. The molecule has 3 fully saturated rings. The Hall–Kier alpha value is -5.76. The Morgan fingerprint density at radius 2 is 1.54 bits per heavy atom. The summed E-state index contributed by atoms with van der Waals surface area (Å²) in [6, 6.07) is 17.4.